The summed E-state index contributed by atoms with van der Waals surface area (Å²) in [5, 5.41) is 10.9. The van der Waals surface area contributed by atoms with Gasteiger partial charge < -0.3 is 9.59 Å². The van der Waals surface area contributed by atoms with E-state index in [0.717, 1.165) is 41.1 Å². The SMILES string of the molecule is CC[N+]1(CCCCCC(O)[N+]2(CC)CC(C)C(C)C2)CC(C)C(C)C1. The lowest BCUT2D eigenvalue weighted by Gasteiger charge is -2.38. The molecule has 0 aromatic carbocycles. The van der Waals surface area contributed by atoms with Gasteiger partial charge in [0.05, 0.1) is 45.8 Å². The normalized spacial score (nSPS) is 42.8. The van der Waals surface area contributed by atoms with Gasteiger partial charge in [-0.2, -0.15) is 0 Å². The van der Waals surface area contributed by atoms with E-state index in [0.29, 0.717) is 0 Å². The summed E-state index contributed by atoms with van der Waals surface area (Å²) >= 11 is 0. The van der Waals surface area contributed by atoms with Gasteiger partial charge in [-0.05, 0) is 33.1 Å². The number of hydrogen-bond acceptors (Lipinski definition) is 1. The van der Waals surface area contributed by atoms with E-state index in [9.17, 15) is 5.11 Å². The summed E-state index contributed by atoms with van der Waals surface area (Å²) in [7, 11) is 0. The first kappa shape index (κ1) is 21.2. The maximum atomic E-state index is 10.9. The Kier molecular flexibility index (Phi) is 7.38. The number of aliphatic hydroxyl groups excluding tert-OH is 1. The van der Waals surface area contributed by atoms with Gasteiger partial charge in [0.15, 0.2) is 6.23 Å². The largest absolute Gasteiger partial charge is 0.345 e. The molecule has 5 unspecified atom stereocenters. The van der Waals surface area contributed by atoms with Crippen molar-refractivity contribution < 1.29 is 14.1 Å². The Labute approximate surface area is 157 Å². The van der Waals surface area contributed by atoms with Crippen molar-refractivity contribution >= 4 is 0 Å². The molecule has 0 spiro atoms. The molecule has 2 fully saturated rings. The van der Waals surface area contributed by atoms with Crippen LogP contribution in [0, 0.1) is 23.7 Å². The maximum absolute atomic E-state index is 10.9. The van der Waals surface area contributed by atoms with Crippen LogP contribution in [-0.4, -0.2) is 66.1 Å². The van der Waals surface area contributed by atoms with Crippen LogP contribution >= 0.6 is 0 Å². The van der Waals surface area contributed by atoms with Crippen LogP contribution in [-0.2, 0) is 0 Å². The minimum Gasteiger partial charge on any atom is -0.345 e. The van der Waals surface area contributed by atoms with E-state index in [2.05, 4.69) is 41.5 Å². The Morgan fingerprint density at radius 1 is 0.760 bits per heavy atom. The van der Waals surface area contributed by atoms with E-state index in [4.69, 9.17) is 0 Å². The zero-order valence-electron chi connectivity index (χ0n) is 18.0. The molecule has 2 aliphatic heterocycles. The smallest absolute Gasteiger partial charge is 0.190 e. The quantitative estimate of drug-likeness (QED) is 0.488. The van der Waals surface area contributed by atoms with Gasteiger partial charge in [-0.1, -0.05) is 27.7 Å². The predicted molar refractivity (Wildman–Crippen MR) is 107 cm³/mol. The molecule has 5 atom stereocenters. The molecule has 0 aliphatic carbocycles. The van der Waals surface area contributed by atoms with Gasteiger partial charge in [-0.15, -0.1) is 0 Å². The second-order valence-electron chi connectivity index (χ2n) is 9.89. The molecule has 1 N–H and O–H groups in total. The Hall–Kier alpha value is -0.120. The molecular formula is C22H46N2O+2. The van der Waals surface area contributed by atoms with E-state index in [1.54, 1.807) is 0 Å². The van der Waals surface area contributed by atoms with Crippen LogP contribution in [0.2, 0.25) is 0 Å². The summed E-state index contributed by atoms with van der Waals surface area (Å²) in [5.74, 6) is 3.27. The molecule has 2 rings (SSSR count). The minimum atomic E-state index is -0.140. The molecule has 25 heavy (non-hydrogen) atoms. The third kappa shape index (κ3) is 4.78. The van der Waals surface area contributed by atoms with E-state index >= 15 is 0 Å². The summed E-state index contributed by atoms with van der Waals surface area (Å²) in [6.45, 7) is 23.1. The molecule has 2 saturated heterocycles. The highest BCUT2D eigenvalue weighted by molar-refractivity contribution is 4.71. The van der Waals surface area contributed by atoms with Crippen molar-refractivity contribution in [1.82, 2.24) is 0 Å². The lowest BCUT2D eigenvalue weighted by atomic mass is 10.0. The van der Waals surface area contributed by atoms with Gasteiger partial charge in [-0.3, -0.25) is 4.48 Å². The molecule has 148 valence electrons. The van der Waals surface area contributed by atoms with E-state index in [1.165, 1.54) is 63.0 Å². The van der Waals surface area contributed by atoms with Crippen LogP contribution in [0.15, 0.2) is 0 Å². The number of nitrogens with zero attached hydrogens (tertiary/aromatic N) is 2. The summed E-state index contributed by atoms with van der Waals surface area (Å²) < 4.78 is 2.29. The van der Waals surface area contributed by atoms with Crippen molar-refractivity contribution in [2.75, 3.05) is 45.8 Å². The number of rotatable bonds is 9. The highest BCUT2D eigenvalue weighted by Crippen LogP contribution is 2.33. The highest BCUT2D eigenvalue weighted by Gasteiger charge is 2.44. The third-order valence-corrected chi connectivity index (χ3v) is 8.12. The zero-order chi connectivity index (χ0) is 18.7. The monoisotopic (exact) mass is 354 g/mol. The lowest BCUT2D eigenvalue weighted by Crippen LogP contribution is -2.54. The molecule has 0 amide bonds. The van der Waals surface area contributed by atoms with Crippen molar-refractivity contribution in [3.63, 3.8) is 0 Å². The van der Waals surface area contributed by atoms with Gasteiger partial charge >= 0.3 is 0 Å². The molecule has 3 heteroatoms. The second-order valence-corrected chi connectivity index (χ2v) is 9.89. The van der Waals surface area contributed by atoms with Crippen LogP contribution in [0.5, 0.6) is 0 Å². The van der Waals surface area contributed by atoms with Gasteiger partial charge in [0, 0.05) is 30.1 Å². The van der Waals surface area contributed by atoms with Crippen molar-refractivity contribution in [3.05, 3.63) is 0 Å². The first-order valence-corrected chi connectivity index (χ1v) is 11.2. The van der Waals surface area contributed by atoms with Crippen LogP contribution in [0.25, 0.3) is 0 Å². The molecule has 0 bridgehead atoms. The average molecular weight is 355 g/mol. The highest BCUT2D eigenvalue weighted by atomic mass is 16.3. The Morgan fingerprint density at radius 2 is 1.28 bits per heavy atom. The van der Waals surface area contributed by atoms with Crippen molar-refractivity contribution in [2.45, 2.75) is 73.5 Å². The fourth-order valence-corrected chi connectivity index (χ4v) is 5.77. The minimum absolute atomic E-state index is 0.140. The molecule has 3 nitrogen and oxygen atoms in total. The molecular weight excluding hydrogens is 308 g/mol. The predicted octanol–water partition coefficient (Wildman–Crippen LogP) is 4.11. The number of aliphatic hydroxyl groups is 1. The van der Waals surface area contributed by atoms with Crippen molar-refractivity contribution in [2.24, 2.45) is 23.7 Å². The Morgan fingerprint density at radius 3 is 1.76 bits per heavy atom. The van der Waals surface area contributed by atoms with E-state index in [-0.39, 0.29) is 6.23 Å². The molecule has 2 aliphatic rings. The van der Waals surface area contributed by atoms with E-state index < -0.39 is 0 Å². The fraction of sp³-hybridized carbons (Fsp3) is 1.00. The number of unbranched alkanes of at least 4 members (excludes halogenated alkanes) is 2. The lowest BCUT2D eigenvalue weighted by molar-refractivity contribution is -0.962. The zero-order valence-corrected chi connectivity index (χ0v) is 18.0. The third-order valence-electron chi connectivity index (χ3n) is 8.12. The first-order chi connectivity index (χ1) is 11.8. The van der Waals surface area contributed by atoms with Crippen molar-refractivity contribution in [3.8, 4) is 0 Å². The Balaban J connectivity index is 1.72. The topological polar surface area (TPSA) is 20.2 Å². The summed E-state index contributed by atoms with van der Waals surface area (Å²) in [6, 6.07) is 0. The molecule has 0 radical (unpaired) electrons. The molecule has 0 saturated carbocycles. The van der Waals surface area contributed by atoms with E-state index in [1.807, 2.05) is 0 Å². The van der Waals surface area contributed by atoms with Gasteiger partial charge in [0.2, 0.25) is 0 Å². The van der Waals surface area contributed by atoms with Crippen LogP contribution < -0.4 is 0 Å². The molecule has 2 heterocycles. The van der Waals surface area contributed by atoms with Gasteiger partial charge in [0.1, 0.15) is 0 Å². The second kappa shape index (κ2) is 8.71. The number of quaternary nitrogens is 2. The molecule has 0 aromatic heterocycles. The van der Waals surface area contributed by atoms with Crippen LogP contribution in [0.4, 0.5) is 0 Å². The first-order valence-electron chi connectivity index (χ1n) is 11.2. The van der Waals surface area contributed by atoms with Gasteiger partial charge in [-0.25, -0.2) is 0 Å². The molecule has 0 aromatic rings. The van der Waals surface area contributed by atoms with Crippen LogP contribution in [0.3, 0.4) is 0 Å². The number of likely N-dealkylation sites (tertiary alicyclic amines) is 2. The summed E-state index contributed by atoms with van der Waals surface area (Å²) in [5.41, 5.74) is 0. The van der Waals surface area contributed by atoms with Gasteiger partial charge in [0.25, 0.3) is 0 Å². The maximum Gasteiger partial charge on any atom is 0.190 e. The van der Waals surface area contributed by atoms with Crippen molar-refractivity contribution in [1.29, 1.82) is 0 Å². The standard InChI is InChI=1S/C22H46N2O/c1-7-23(14-18(3)19(4)15-23)13-11-9-10-12-22(25)24(8-2)16-20(5)21(6)17-24/h18-22,25H,7-17H2,1-6H3/q+2. The fourth-order valence-electron chi connectivity index (χ4n) is 5.77. The number of hydrogen-bond donors (Lipinski definition) is 1. The average Bonchev–Trinajstić information content (AvgIpc) is 3.04. The van der Waals surface area contributed by atoms with Crippen LogP contribution in [0.1, 0.15) is 67.2 Å². The summed E-state index contributed by atoms with van der Waals surface area (Å²) in [6.07, 6.45) is 4.66. The summed E-state index contributed by atoms with van der Waals surface area (Å²) in [4.78, 5) is 0. The Bertz CT molecular complexity index is 391.